The lowest BCUT2D eigenvalue weighted by Gasteiger charge is -2.12. The van der Waals surface area contributed by atoms with Crippen molar-refractivity contribution in [2.45, 2.75) is 13.5 Å². The largest absolute Gasteiger partial charge is 0.488 e. The molecule has 1 fully saturated rings. The minimum absolute atomic E-state index is 0.0473. The zero-order chi connectivity index (χ0) is 24.9. The Kier molecular flexibility index (Phi) is 7.67. The van der Waals surface area contributed by atoms with Crippen molar-refractivity contribution in [2.75, 3.05) is 6.54 Å². The van der Waals surface area contributed by atoms with E-state index in [0.29, 0.717) is 39.2 Å². The number of likely N-dealkylation sites (N-methyl/N-ethyl adjacent to an activating group) is 1. The molecular formula is C26H20BrFN2O4S. The first-order chi connectivity index (χ1) is 16.9. The average Bonchev–Trinajstić information content (AvgIpc) is 3.13. The SMILES string of the molecule is CCN1C(=O)C(=Cc2cc(Br)ccc2OCc2ccccc2F)SC1=Nc1ccc(C(=O)O)cc1. The standard InChI is InChI=1S/C26H20BrFN2O4S/c1-2-30-24(31)23(35-26(30)29-20-10-7-16(8-11-20)25(32)33)14-18-13-19(27)9-12-22(18)34-15-17-5-3-4-6-21(17)28/h3-14H,2,15H2,1H3,(H,32,33). The summed E-state index contributed by atoms with van der Waals surface area (Å²) < 4.78 is 20.7. The lowest BCUT2D eigenvalue weighted by atomic mass is 10.1. The van der Waals surface area contributed by atoms with E-state index in [-0.39, 0.29) is 23.9 Å². The van der Waals surface area contributed by atoms with Crippen LogP contribution in [0.5, 0.6) is 5.75 Å². The second kappa shape index (κ2) is 10.9. The van der Waals surface area contributed by atoms with E-state index in [4.69, 9.17) is 9.84 Å². The van der Waals surface area contributed by atoms with Crippen LogP contribution in [0.15, 0.2) is 81.1 Å². The highest BCUT2D eigenvalue weighted by Gasteiger charge is 2.32. The van der Waals surface area contributed by atoms with Gasteiger partial charge in [-0.3, -0.25) is 9.69 Å². The third-order valence-corrected chi connectivity index (χ3v) is 6.64. The van der Waals surface area contributed by atoms with Gasteiger partial charge >= 0.3 is 5.97 Å². The number of carboxylic acids is 1. The molecule has 0 aliphatic carbocycles. The van der Waals surface area contributed by atoms with Crippen LogP contribution in [0.3, 0.4) is 0 Å². The summed E-state index contributed by atoms with van der Waals surface area (Å²) in [6.07, 6.45) is 1.73. The van der Waals surface area contributed by atoms with Gasteiger partial charge in [0.15, 0.2) is 5.17 Å². The predicted molar refractivity (Wildman–Crippen MR) is 138 cm³/mol. The first kappa shape index (κ1) is 24.7. The molecule has 0 atom stereocenters. The summed E-state index contributed by atoms with van der Waals surface area (Å²) in [5, 5.41) is 9.57. The van der Waals surface area contributed by atoms with Crippen LogP contribution in [0.1, 0.15) is 28.4 Å². The molecule has 1 N–H and O–H groups in total. The molecule has 3 aromatic carbocycles. The molecule has 1 amide bonds. The molecule has 0 spiro atoms. The van der Waals surface area contributed by atoms with Crippen LogP contribution in [-0.4, -0.2) is 33.6 Å². The number of carboxylic acid groups (broad SMARTS) is 1. The van der Waals surface area contributed by atoms with Crippen molar-refractivity contribution in [1.82, 2.24) is 4.90 Å². The number of ether oxygens (including phenoxy) is 1. The predicted octanol–water partition coefficient (Wildman–Crippen LogP) is 6.49. The Morgan fingerprint density at radius 3 is 2.60 bits per heavy atom. The molecule has 6 nitrogen and oxygen atoms in total. The van der Waals surface area contributed by atoms with Gasteiger partial charge in [0.1, 0.15) is 18.2 Å². The third-order valence-electron chi connectivity index (χ3n) is 5.14. The quantitative estimate of drug-likeness (QED) is 0.337. The zero-order valence-electron chi connectivity index (χ0n) is 18.6. The summed E-state index contributed by atoms with van der Waals surface area (Å²) in [6.45, 7) is 2.32. The van der Waals surface area contributed by atoms with Gasteiger partial charge in [0.05, 0.1) is 16.2 Å². The van der Waals surface area contributed by atoms with Crippen LogP contribution < -0.4 is 4.74 Å². The normalized spacial score (nSPS) is 15.7. The number of rotatable bonds is 7. The monoisotopic (exact) mass is 554 g/mol. The Balaban J connectivity index is 1.61. The minimum atomic E-state index is -1.02. The van der Waals surface area contributed by atoms with Gasteiger partial charge in [-0.2, -0.15) is 0 Å². The van der Waals surface area contributed by atoms with Crippen LogP contribution >= 0.6 is 27.7 Å². The number of amides is 1. The fourth-order valence-electron chi connectivity index (χ4n) is 3.33. The van der Waals surface area contributed by atoms with Gasteiger partial charge in [0, 0.05) is 22.1 Å². The van der Waals surface area contributed by atoms with Crippen LogP contribution in [0.2, 0.25) is 0 Å². The highest BCUT2D eigenvalue weighted by atomic mass is 79.9. The van der Waals surface area contributed by atoms with E-state index in [0.717, 1.165) is 4.47 Å². The molecule has 1 aliphatic heterocycles. The number of hydrogen-bond donors (Lipinski definition) is 1. The number of thioether (sulfide) groups is 1. The summed E-state index contributed by atoms with van der Waals surface area (Å²) in [7, 11) is 0. The van der Waals surface area contributed by atoms with Crippen molar-refractivity contribution >= 4 is 56.5 Å². The Hall–Kier alpha value is -3.43. The van der Waals surface area contributed by atoms with E-state index in [1.54, 1.807) is 47.4 Å². The summed E-state index contributed by atoms with van der Waals surface area (Å²) in [6, 6.07) is 17.9. The molecule has 4 rings (SSSR count). The molecule has 9 heteroatoms. The number of aliphatic imine (C=N–C) groups is 1. The lowest BCUT2D eigenvalue weighted by Crippen LogP contribution is -2.28. The van der Waals surface area contributed by atoms with Gasteiger partial charge in [0.25, 0.3) is 5.91 Å². The number of amidine groups is 1. The maximum Gasteiger partial charge on any atom is 0.335 e. The van der Waals surface area contributed by atoms with E-state index in [1.807, 2.05) is 19.1 Å². The number of nitrogens with zero attached hydrogens (tertiary/aromatic N) is 2. The van der Waals surface area contributed by atoms with Crippen LogP contribution in [0, 0.1) is 5.82 Å². The molecular weight excluding hydrogens is 535 g/mol. The molecule has 1 aliphatic rings. The molecule has 0 aromatic heterocycles. The van der Waals surface area contributed by atoms with Gasteiger partial charge in [-0.15, -0.1) is 0 Å². The van der Waals surface area contributed by atoms with Gasteiger partial charge in [-0.25, -0.2) is 14.2 Å². The van der Waals surface area contributed by atoms with Crippen LogP contribution in [0.25, 0.3) is 6.08 Å². The maximum absolute atomic E-state index is 14.0. The molecule has 0 unspecified atom stereocenters. The maximum atomic E-state index is 14.0. The first-order valence-corrected chi connectivity index (χ1v) is 12.3. The highest BCUT2D eigenvalue weighted by Crippen LogP contribution is 2.36. The second-order valence-corrected chi connectivity index (χ2v) is 9.39. The number of aromatic carboxylic acids is 1. The third kappa shape index (κ3) is 5.80. The highest BCUT2D eigenvalue weighted by molar-refractivity contribution is 9.10. The topological polar surface area (TPSA) is 79.2 Å². The summed E-state index contributed by atoms with van der Waals surface area (Å²) >= 11 is 4.68. The van der Waals surface area contributed by atoms with E-state index in [9.17, 15) is 14.0 Å². The molecule has 35 heavy (non-hydrogen) atoms. The number of benzene rings is 3. The van der Waals surface area contributed by atoms with Crippen molar-refractivity contribution in [3.63, 3.8) is 0 Å². The van der Waals surface area contributed by atoms with Gasteiger partial charge in [-0.05, 0) is 73.3 Å². The Bertz CT molecular complexity index is 1340. The van der Waals surface area contributed by atoms with Gasteiger partial charge in [0.2, 0.25) is 0 Å². The summed E-state index contributed by atoms with van der Waals surface area (Å²) in [5.41, 5.74) is 1.80. The molecule has 3 aromatic rings. The van der Waals surface area contributed by atoms with Crippen LogP contribution in [-0.2, 0) is 11.4 Å². The van der Waals surface area contributed by atoms with Crippen molar-refractivity contribution in [3.8, 4) is 5.75 Å². The van der Waals surface area contributed by atoms with Crippen molar-refractivity contribution in [1.29, 1.82) is 0 Å². The average molecular weight is 555 g/mol. The molecule has 0 saturated carbocycles. The van der Waals surface area contributed by atoms with E-state index < -0.39 is 5.97 Å². The molecule has 0 radical (unpaired) electrons. The van der Waals surface area contributed by atoms with Gasteiger partial charge < -0.3 is 9.84 Å². The second-order valence-electron chi connectivity index (χ2n) is 7.47. The molecule has 0 bridgehead atoms. The smallest absolute Gasteiger partial charge is 0.335 e. The fraction of sp³-hybridized carbons (Fsp3) is 0.115. The Morgan fingerprint density at radius 2 is 1.91 bits per heavy atom. The minimum Gasteiger partial charge on any atom is -0.488 e. The molecule has 1 heterocycles. The van der Waals surface area contributed by atoms with Crippen LogP contribution in [0.4, 0.5) is 10.1 Å². The number of halogens is 2. The zero-order valence-corrected chi connectivity index (χ0v) is 21.0. The summed E-state index contributed by atoms with van der Waals surface area (Å²) in [4.78, 5) is 30.7. The Morgan fingerprint density at radius 1 is 1.17 bits per heavy atom. The fourth-order valence-corrected chi connectivity index (χ4v) is 4.77. The van der Waals surface area contributed by atoms with Crippen molar-refractivity contribution in [2.24, 2.45) is 4.99 Å². The van der Waals surface area contributed by atoms with Crippen molar-refractivity contribution < 1.29 is 23.8 Å². The van der Waals surface area contributed by atoms with Gasteiger partial charge in [-0.1, -0.05) is 34.1 Å². The lowest BCUT2D eigenvalue weighted by molar-refractivity contribution is -0.122. The van der Waals surface area contributed by atoms with E-state index in [1.165, 1.54) is 30.0 Å². The Labute approximate surface area is 214 Å². The van der Waals surface area contributed by atoms with E-state index >= 15 is 0 Å². The van der Waals surface area contributed by atoms with Crippen molar-refractivity contribution in [3.05, 3.63) is 98.6 Å². The molecule has 1 saturated heterocycles. The number of hydrogen-bond acceptors (Lipinski definition) is 5. The number of carbonyl (C=O) groups excluding carboxylic acids is 1. The number of carbonyl (C=O) groups is 2. The summed E-state index contributed by atoms with van der Waals surface area (Å²) in [5.74, 6) is -1.05. The van der Waals surface area contributed by atoms with E-state index in [2.05, 4.69) is 20.9 Å². The molecule has 178 valence electrons. The first-order valence-electron chi connectivity index (χ1n) is 10.6.